The number of likely N-dealkylation sites (tertiary alicyclic amines) is 2. The van der Waals surface area contributed by atoms with Crippen molar-refractivity contribution in [3.63, 3.8) is 0 Å². The first kappa shape index (κ1) is 16.8. The second kappa shape index (κ2) is 7.66. The van der Waals surface area contributed by atoms with Crippen LogP contribution >= 0.6 is 0 Å². The lowest BCUT2D eigenvalue weighted by atomic mass is 10.0. The maximum atomic E-state index is 12.3. The number of hydrogen-bond acceptors (Lipinski definition) is 4. The number of para-hydroxylation sites is 1. The minimum Gasteiger partial charge on any atom is -0.468 e. The quantitative estimate of drug-likeness (QED) is 0.864. The molecule has 0 unspecified atom stereocenters. The largest absolute Gasteiger partial charge is 0.468 e. The number of rotatable bonds is 3. The number of urea groups is 1. The molecule has 0 spiro atoms. The number of methoxy groups -OCH3 is 1. The van der Waals surface area contributed by atoms with Gasteiger partial charge >= 0.3 is 12.0 Å². The van der Waals surface area contributed by atoms with E-state index in [0.29, 0.717) is 19.1 Å². The summed E-state index contributed by atoms with van der Waals surface area (Å²) in [5.41, 5.74) is 0.815. The van der Waals surface area contributed by atoms with E-state index in [-0.39, 0.29) is 18.0 Å². The Kier molecular flexibility index (Phi) is 5.35. The van der Waals surface area contributed by atoms with Crippen molar-refractivity contribution in [2.45, 2.75) is 37.8 Å². The third kappa shape index (κ3) is 3.70. The third-order valence-electron chi connectivity index (χ3n) is 5.01. The number of hydrogen-bond donors (Lipinski definition) is 1. The summed E-state index contributed by atoms with van der Waals surface area (Å²) in [4.78, 5) is 28.4. The summed E-state index contributed by atoms with van der Waals surface area (Å²) in [6.45, 7) is 2.38. The molecule has 0 radical (unpaired) electrons. The van der Waals surface area contributed by atoms with Crippen LogP contribution in [-0.2, 0) is 9.53 Å². The monoisotopic (exact) mass is 331 g/mol. The summed E-state index contributed by atoms with van der Waals surface area (Å²) >= 11 is 0. The predicted octanol–water partition coefficient (Wildman–Crippen LogP) is 2.32. The number of esters is 1. The van der Waals surface area contributed by atoms with Gasteiger partial charge < -0.3 is 15.0 Å². The van der Waals surface area contributed by atoms with Gasteiger partial charge in [-0.1, -0.05) is 18.2 Å². The second-order valence-corrected chi connectivity index (χ2v) is 6.43. The molecule has 2 fully saturated rings. The lowest BCUT2D eigenvalue weighted by Gasteiger charge is -2.38. The molecular weight excluding hydrogens is 306 g/mol. The average molecular weight is 331 g/mol. The average Bonchev–Trinajstić information content (AvgIpc) is 3.12. The van der Waals surface area contributed by atoms with Crippen molar-refractivity contribution in [1.82, 2.24) is 9.80 Å². The number of carbonyl (C=O) groups excluding carboxylic acids is 2. The third-order valence-corrected chi connectivity index (χ3v) is 5.01. The van der Waals surface area contributed by atoms with Gasteiger partial charge in [-0.3, -0.25) is 9.69 Å². The van der Waals surface area contributed by atoms with E-state index in [2.05, 4.69) is 10.2 Å². The number of benzene rings is 1. The molecule has 6 heteroatoms. The zero-order valence-corrected chi connectivity index (χ0v) is 14.1. The molecule has 1 aromatic carbocycles. The predicted molar refractivity (Wildman–Crippen MR) is 91.8 cm³/mol. The summed E-state index contributed by atoms with van der Waals surface area (Å²) in [7, 11) is 1.45. The zero-order chi connectivity index (χ0) is 16.9. The van der Waals surface area contributed by atoms with Crippen molar-refractivity contribution in [2.24, 2.45) is 0 Å². The minimum atomic E-state index is -0.128. The van der Waals surface area contributed by atoms with Crippen LogP contribution in [0.4, 0.5) is 10.5 Å². The minimum absolute atomic E-state index is 0.0504. The van der Waals surface area contributed by atoms with Gasteiger partial charge in [-0.05, 0) is 44.4 Å². The lowest BCUT2D eigenvalue weighted by Crippen LogP contribution is -2.50. The molecule has 2 amide bonds. The van der Waals surface area contributed by atoms with E-state index in [1.165, 1.54) is 7.11 Å². The van der Waals surface area contributed by atoms with Crippen LogP contribution < -0.4 is 5.32 Å². The molecule has 2 aliphatic rings. The number of anilines is 1. The SMILES string of the molecule is COC(=O)[C@@H]1CCCN1C1CCN(C(=O)Nc2ccccc2)CC1. The van der Waals surface area contributed by atoms with E-state index in [1.807, 2.05) is 35.2 Å². The first-order valence-corrected chi connectivity index (χ1v) is 8.63. The Labute approximate surface area is 142 Å². The highest BCUT2D eigenvalue weighted by Gasteiger charge is 2.37. The second-order valence-electron chi connectivity index (χ2n) is 6.43. The Morgan fingerprint density at radius 3 is 2.46 bits per heavy atom. The summed E-state index contributed by atoms with van der Waals surface area (Å²) in [6, 6.07) is 9.71. The molecule has 0 saturated carbocycles. The summed E-state index contributed by atoms with van der Waals surface area (Å²) in [5, 5.41) is 2.93. The van der Waals surface area contributed by atoms with Gasteiger partial charge in [-0.2, -0.15) is 0 Å². The van der Waals surface area contributed by atoms with E-state index < -0.39 is 0 Å². The van der Waals surface area contributed by atoms with Crippen molar-refractivity contribution < 1.29 is 14.3 Å². The van der Waals surface area contributed by atoms with E-state index in [0.717, 1.165) is 37.9 Å². The van der Waals surface area contributed by atoms with Crippen LogP contribution in [0.15, 0.2) is 30.3 Å². The van der Waals surface area contributed by atoms with Gasteiger partial charge in [0.15, 0.2) is 0 Å². The molecule has 130 valence electrons. The molecule has 1 atom stereocenters. The summed E-state index contributed by atoms with van der Waals surface area (Å²) in [6.07, 6.45) is 3.71. The molecule has 3 rings (SSSR count). The molecule has 0 bridgehead atoms. The van der Waals surface area contributed by atoms with Crippen molar-refractivity contribution in [3.8, 4) is 0 Å². The van der Waals surface area contributed by atoms with E-state index in [4.69, 9.17) is 4.74 Å². The van der Waals surface area contributed by atoms with Crippen molar-refractivity contribution in [2.75, 3.05) is 32.1 Å². The van der Waals surface area contributed by atoms with Gasteiger partial charge in [0.05, 0.1) is 7.11 Å². The van der Waals surface area contributed by atoms with Gasteiger partial charge in [0.25, 0.3) is 0 Å². The highest BCUT2D eigenvalue weighted by Crippen LogP contribution is 2.27. The Balaban J connectivity index is 1.52. The van der Waals surface area contributed by atoms with Gasteiger partial charge in [-0.15, -0.1) is 0 Å². The van der Waals surface area contributed by atoms with Crippen molar-refractivity contribution in [1.29, 1.82) is 0 Å². The Hall–Kier alpha value is -2.08. The normalized spacial score (nSPS) is 22.4. The maximum absolute atomic E-state index is 12.3. The molecule has 6 nitrogen and oxygen atoms in total. The van der Waals surface area contributed by atoms with E-state index in [1.54, 1.807) is 0 Å². The van der Waals surface area contributed by atoms with Gasteiger partial charge in [0.2, 0.25) is 0 Å². The standard InChI is InChI=1S/C18H25N3O3/c1-24-17(22)16-8-5-11-21(16)15-9-12-20(13-10-15)18(23)19-14-6-3-2-4-7-14/h2-4,6-7,15-16H,5,8-13H2,1H3,(H,19,23)/t16-/m0/s1. The fourth-order valence-corrected chi connectivity index (χ4v) is 3.74. The number of amides is 2. The molecule has 1 N–H and O–H groups in total. The van der Waals surface area contributed by atoms with Crippen LogP contribution in [0.25, 0.3) is 0 Å². The van der Waals surface area contributed by atoms with Crippen LogP contribution in [0.5, 0.6) is 0 Å². The Bertz CT molecular complexity index is 570. The Morgan fingerprint density at radius 1 is 1.08 bits per heavy atom. The van der Waals surface area contributed by atoms with Crippen molar-refractivity contribution in [3.05, 3.63) is 30.3 Å². The Morgan fingerprint density at radius 2 is 1.79 bits per heavy atom. The van der Waals surface area contributed by atoms with Crippen LogP contribution in [0.3, 0.4) is 0 Å². The molecule has 0 aromatic heterocycles. The number of nitrogens with one attached hydrogen (secondary N) is 1. The molecule has 24 heavy (non-hydrogen) atoms. The summed E-state index contributed by atoms with van der Waals surface area (Å²) < 4.78 is 4.93. The van der Waals surface area contributed by atoms with Gasteiger partial charge in [0, 0.05) is 24.8 Å². The zero-order valence-electron chi connectivity index (χ0n) is 14.1. The number of nitrogens with zero attached hydrogens (tertiary/aromatic N) is 2. The van der Waals surface area contributed by atoms with Crippen LogP contribution in [0, 0.1) is 0 Å². The molecule has 2 aliphatic heterocycles. The van der Waals surface area contributed by atoms with Gasteiger partial charge in [-0.25, -0.2) is 4.79 Å². The van der Waals surface area contributed by atoms with E-state index in [9.17, 15) is 9.59 Å². The summed E-state index contributed by atoms with van der Waals surface area (Å²) in [5.74, 6) is -0.128. The van der Waals surface area contributed by atoms with Crippen LogP contribution in [0.1, 0.15) is 25.7 Å². The molecular formula is C18H25N3O3. The first-order valence-electron chi connectivity index (χ1n) is 8.63. The number of ether oxygens (including phenoxy) is 1. The topological polar surface area (TPSA) is 61.9 Å². The van der Waals surface area contributed by atoms with Crippen molar-refractivity contribution >= 4 is 17.7 Å². The number of piperidine rings is 1. The smallest absolute Gasteiger partial charge is 0.323 e. The number of carbonyl (C=O) groups is 2. The highest BCUT2D eigenvalue weighted by atomic mass is 16.5. The lowest BCUT2D eigenvalue weighted by molar-refractivity contribution is -0.147. The van der Waals surface area contributed by atoms with Crippen LogP contribution in [-0.4, -0.2) is 60.6 Å². The fraction of sp³-hybridized carbons (Fsp3) is 0.556. The van der Waals surface area contributed by atoms with E-state index >= 15 is 0 Å². The molecule has 2 saturated heterocycles. The van der Waals surface area contributed by atoms with Gasteiger partial charge in [0.1, 0.15) is 6.04 Å². The molecule has 1 aromatic rings. The maximum Gasteiger partial charge on any atom is 0.323 e. The first-order chi connectivity index (χ1) is 11.7. The van der Waals surface area contributed by atoms with Crippen LogP contribution in [0.2, 0.25) is 0 Å². The highest BCUT2D eigenvalue weighted by molar-refractivity contribution is 5.89. The molecule has 2 heterocycles. The fourth-order valence-electron chi connectivity index (χ4n) is 3.74. The molecule has 0 aliphatic carbocycles.